The predicted molar refractivity (Wildman–Crippen MR) is 99.0 cm³/mol. The molecule has 1 aliphatic rings. The molecule has 25 heavy (non-hydrogen) atoms. The molecule has 4 rings (SSSR count). The number of hydrogen-bond acceptors (Lipinski definition) is 2. The number of benzene rings is 3. The van der Waals surface area contributed by atoms with Crippen molar-refractivity contribution in [2.24, 2.45) is 0 Å². The lowest BCUT2D eigenvalue weighted by Gasteiger charge is -2.49. The average molecular weight is 329 g/mol. The summed E-state index contributed by atoms with van der Waals surface area (Å²) in [5, 5.41) is 0. The summed E-state index contributed by atoms with van der Waals surface area (Å²) < 4.78 is 5.20. The highest BCUT2D eigenvalue weighted by atomic mass is 16.5. The van der Waals surface area contributed by atoms with E-state index in [4.69, 9.17) is 4.74 Å². The molecule has 0 saturated carbocycles. The van der Waals surface area contributed by atoms with Crippen LogP contribution in [0.5, 0.6) is 5.75 Å². The summed E-state index contributed by atoms with van der Waals surface area (Å²) in [4.78, 5) is 15.2. The lowest BCUT2D eigenvalue weighted by Crippen LogP contribution is -2.65. The number of nitrogens with zero attached hydrogens (tertiary/aromatic N) is 1. The third-order valence-corrected chi connectivity index (χ3v) is 4.92. The molecule has 1 amide bonds. The first-order valence-electron chi connectivity index (χ1n) is 8.33. The summed E-state index contributed by atoms with van der Waals surface area (Å²) >= 11 is 0. The normalized spacial score (nSPS) is 15.6. The maximum atomic E-state index is 13.3. The van der Waals surface area contributed by atoms with Crippen LogP contribution in [0.15, 0.2) is 84.9 Å². The lowest BCUT2D eigenvalue weighted by molar-refractivity contribution is -0.127. The summed E-state index contributed by atoms with van der Waals surface area (Å²) in [5.41, 5.74) is 2.36. The number of anilines is 1. The van der Waals surface area contributed by atoms with Gasteiger partial charge in [0.2, 0.25) is 5.91 Å². The van der Waals surface area contributed by atoms with Crippen molar-refractivity contribution in [1.82, 2.24) is 0 Å². The quantitative estimate of drug-likeness (QED) is 0.676. The Morgan fingerprint density at radius 2 is 1.32 bits per heavy atom. The molecule has 3 nitrogen and oxygen atoms in total. The molecule has 0 spiro atoms. The topological polar surface area (TPSA) is 29.5 Å². The standard InChI is InChI=1S/C22H19NO2/c1-25-20-14-12-19(13-15-20)23-16-22(21(23)24,17-8-4-2-5-9-17)18-10-6-3-7-11-18/h2-15H,16H2,1H3. The minimum Gasteiger partial charge on any atom is -0.497 e. The summed E-state index contributed by atoms with van der Waals surface area (Å²) in [6, 6.07) is 27.7. The van der Waals surface area contributed by atoms with Gasteiger partial charge < -0.3 is 9.64 Å². The number of carbonyl (C=O) groups is 1. The Morgan fingerprint density at radius 1 is 0.800 bits per heavy atom. The highest BCUT2D eigenvalue weighted by Gasteiger charge is 2.54. The zero-order valence-corrected chi connectivity index (χ0v) is 14.1. The van der Waals surface area contributed by atoms with Gasteiger partial charge in [-0.15, -0.1) is 0 Å². The molecule has 1 aliphatic heterocycles. The monoisotopic (exact) mass is 329 g/mol. The molecule has 0 aliphatic carbocycles. The summed E-state index contributed by atoms with van der Waals surface area (Å²) in [6.45, 7) is 0.631. The smallest absolute Gasteiger partial charge is 0.244 e. The second-order valence-corrected chi connectivity index (χ2v) is 6.23. The number of β-lactam (4-membered cyclic amide) rings is 1. The van der Waals surface area contributed by atoms with Gasteiger partial charge in [0.15, 0.2) is 0 Å². The van der Waals surface area contributed by atoms with Crippen LogP contribution in [0.2, 0.25) is 0 Å². The number of hydrogen-bond donors (Lipinski definition) is 0. The van der Waals surface area contributed by atoms with E-state index in [1.54, 1.807) is 7.11 Å². The molecular weight excluding hydrogens is 310 g/mol. The molecular formula is C22H19NO2. The van der Waals surface area contributed by atoms with Crippen molar-refractivity contribution in [3.63, 3.8) is 0 Å². The van der Waals surface area contributed by atoms with Crippen LogP contribution < -0.4 is 9.64 Å². The van der Waals surface area contributed by atoms with Crippen LogP contribution in [0.1, 0.15) is 11.1 Å². The number of carbonyl (C=O) groups excluding carboxylic acids is 1. The highest BCUT2D eigenvalue weighted by molar-refractivity contribution is 6.11. The molecule has 0 radical (unpaired) electrons. The maximum absolute atomic E-state index is 13.3. The van der Waals surface area contributed by atoms with Gasteiger partial charge in [-0.3, -0.25) is 4.79 Å². The molecule has 1 heterocycles. The van der Waals surface area contributed by atoms with Crippen molar-refractivity contribution in [2.75, 3.05) is 18.6 Å². The lowest BCUT2D eigenvalue weighted by atomic mass is 9.67. The van der Waals surface area contributed by atoms with Crippen molar-refractivity contribution in [2.45, 2.75) is 5.41 Å². The van der Waals surface area contributed by atoms with Crippen LogP contribution in [-0.2, 0) is 10.2 Å². The first-order chi connectivity index (χ1) is 12.3. The molecule has 3 aromatic rings. The van der Waals surface area contributed by atoms with Crippen molar-refractivity contribution < 1.29 is 9.53 Å². The largest absolute Gasteiger partial charge is 0.497 e. The van der Waals surface area contributed by atoms with E-state index in [9.17, 15) is 4.79 Å². The summed E-state index contributed by atoms with van der Waals surface area (Å²) in [5.74, 6) is 0.893. The molecule has 1 fully saturated rings. The highest BCUT2D eigenvalue weighted by Crippen LogP contribution is 2.44. The Labute approximate surface area is 147 Å². The molecule has 3 aromatic carbocycles. The molecule has 0 bridgehead atoms. The van der Waals surface area contributed by atoms with Gasteiger partial charge in [0.1, 0.15) is 11.2 Å². The number of amides is 1. The van der Waals surface area contributed by atoms with Gasteiger partial charge in [0.25, 0.3) is 0 Å². The molecule has 0 atom stereocenters. The minimum atomic E-state index is -0.609. The van der Waals surface area contributed by atoms with Gasteiger partial charge in [-0.25, -0.2) is 0 Å². The number of rotatable bonds is 4. The zero-order valence-electron chi connectivity index (χ0n) is 14.1. The van der Waals surface area contributed by atoms with Crippen LogP contribution in [0.25, 0.3) is 0 Å². The van der Waals surface area contributed by atoms with Gasteiger partial charge >= 0.3 is 0 Å². The molecule has 124 valence electrons. The molecule has 0 unspecified atom stereocenters. The SMILES string of the molecule is COc1ccc(N2CC(c3ccccc3)(c3ccccc3)C2=O)cc1. The van der Waals surface area contributed by atoms with E-state index in [2.05, 4.69) is 0 Å². The minimum absolute atomic E-state index is 0.107. The Bertz CT molecular complexity index is 833. The van der Waals surface area contributed by atoms with Crippen LogP contribution >= 0.6 is 0 Å². The van der Waals surface area contributed by atoms with Gasteiger partial charge in [-0.2, -0.15) is 0 Å². The Balaban J connectivity index is 1.74. The van der Waals surface area contributed by atoms with Gasteiger partial charge in [-0.1, -0.05) is 60.7 Å². The second kappa shape index (κ2) is 6.10. The Kier molecular flexibility index (Phi) is 3.77. The fraction of sp³-hybridized carbons (Fsp3) is 0.136. The Hall–Kier alpha value is -3.07. The number of ether oxygens (including phenoxy) is 1. The van der Waals surface area contributed by atoms with E-state index in [1.165, 1.54) is 0 Å². The van der Waals surface area contributed by atoms with Crippen molar-refractivity contribution in [3.05, 3.63) is 96.1 Å². The first kappa shape index (κ1) is 15.5. The molecule has 0 N–H and O–H groups in total. The second-order valence-electron chi connectivity index (χ2n) is 6.23. The van der Waals surface area contributed by atoms with E-state index in [-0.39, 0.29) is 5.91 Å². The van der Waals surface area contributed by atoms with Gasteiger partial charge in [0.05, 0.1) is 7.11 Å². The summed E-state index contributed by atoms with van der Waals surface area (Å²) in [6.07, 6.45) is 0. The molecule has 0 aromatic heterocycles. The van der Waals surface area contributed by atoms with Crippen molar-refractivity contribution in [1.29, 1.82) is 0 Å². The van der Waals surface area contributed by atoms with Crippen molar-refractivity contribution in [3.8, 4) is 5.75 Å². The average Bonchev–Trinajstić information content (AvgIpc) is 2.69. The predicted octanol–water partition coefficient (Wildman–Crippen LogP) is 4.03. The van der Waals surface area contributed by atoms with E-state index in [1.807, 2.05) is 89.8 Å². The van der Waals surface area contributed by atoms with Crippen LogP contribution in [-0.4, -0.2) is 19.6 Å². The van der Waals surface area contributed by atoms with Crippen LogP contribution in [0.4, 0.5) is 5.69 Å². The first-order valence-corrected chi connectivity index (χ1v) is 8.33. The van der Waals surface area contributed by atoms with Gasteiger partial charge in [-0.05, 0) is 35.4 Å². The van der Waals surface area contributed by atoms with Gasteiger partial charge in [0, 0.05) is 12.2 Å². The fourth-order valence-corrected chi connectivity index (χ4v) is 3.53. The molecule has 1 saturated heterocycles. The maximum Gasteiger partial charge on any atom is 0.244 e. The Morgan fingerprint density at radius 3 is 1.76 bits per heavy atom. The third kappa shape index (κ3) is 2.40. The summed E-state index contributed by atoms with van der Waals surface area (Å²) in [7, 11) is 1.64. The third-order valence-electron chi connectivity index (χ3n) is 4.92. The van der Waals surface area contributed by atoms with E-state index in [0.29, 0.717) is 6.54 Å². The molecule has 3 heteroatoms. The number of methoxy groups -OCH3 is 1. The van der Waals surface area contributed by atoms with E-state index < -0.39 is 5.41 Å². The fourth-order valence-electron chi connectivity index (χ4n) is 3.53. The zero-order chi connectivity index (χ0) is 17.3. The van der Waals surface area contributed by atoms with Crippen molar-refractivity contribution >= 4 is 11.6 Å². The van der Waals surface area contributed by atoms with E-state index >= 15 is 0 Å². The van der Waals surface area contributed by atoms with Crippen LogP contribution in [0.3, 0.4) is 0 Å². The van der Waals surface area contributed by atoms with E-state index in [0.717, 1.165) is 22.6 Å². The van der Waals surface area contributed by atoms with Crippen LogP contribution in [0, 0.1) is 0 Å².